The molecule has 3 aliphatic rings. The smallest absolute Gasteiger partial charge is 0.184 e. The van der Waals surface area contributed by atoms with Crippen LogP contribution in [0.25, 0.3) is 22.2 Å². The molecule has 2 aromatic heterocycles. The highest BCUT2D eigenvalue weighted by molar-refractivity contribution is 6.06. The van der Waals surface area contributed by atoms with Crippen molar-refractivity contribution in [3.63, 3.8) is 0 Å². The molecule has 7 nitrogen and oxygen atoms in total. The second kappa shape index (κ2) is 5.77. The number of aromatic nitrogens is 5. The van der Waals surface area contributed by atoms with Crippen LogP contribution < -0.4 is 0 Å². The van der Waals surface area contributed by atoms with Gasteiger partial charge in [-0.15, -0.1) is 0 Å². The maximum atomic E-state index is 12.8. The lowest BCUT2D eigenvalue weighted by atomic mass is 9.76. The molecule has 5 heterocycles. The van der Waals surface area contributed by atoms with E-state index in [-0.39, 0.29) is 5.78 Å². The zero-order valence-electron chi connectivity index (χ0n) is 13.9. The summed E-state index contributed by atoms with van der Waals surface area (Å²) in [7, 11) is 0. The third-order valence-electron chi connectivity index (χ3n) is 5.78. The van der Waals surface area contributed by atoms with Crippen molar-refractivity contribution in [3.8, 4) is 11.3 Å². The molecule has 3 fully saturated rings. The standard InChI is InChI=1S/C18H20N6O/c25-17(8-13-10-24-5-3-11(13)4-6-24)18-14-2-1-12(7-15(14)20-22-18)16-9-19-23-21-16/h1-2,7,9,11,13H,3-6,8,10H2,(H,20,22)(H,19,21,23)/t13-/m1/s1. The number of rotatable bonds is 4. The van der Waals surface area contributed by atoms with Gasteiger partial charge in [0.1, 0.15) is 11.4 Å². The van der Waals surface area contributed by atoms with Gasteiger partial charge in [0.25, 0.3) is 0 Å². The second-order valence-corrected chi connectivity index (χ2v) is 7.21. The number of piperidine rings is 3. The van der Waals surface area contributed by atoms with E-state index in [1.54, 1.807) is 6.20 Å². The third-order valence-corrected chi connectivity index (χ3v) is 5.78. The van der Waals surface area contributed by atoms with Crippen molar-refractivity contribution in [2.75, 3.05) is 19.6 Å². The normalized spacial score (nSPS) is 25.5. The molecule has 6 rings (SSSR count). The fourth-order valence-corrected chi connectivity index (χ4v) is 4.39. The molecule has 3 aromatic rings. The first-order chi connectivity index (χ1) is 12.3. The summed E-state index contributed by atoms with van der Waals surface area (Å²) < 4.78 is 0. The second-order valence-electron chi connectivity index (χ2n) is 7.21. The molecule has 2 bridgehead atoms. The number of nitrogens with one attached hydrogen (secondary N) is 2. The number of carbonyl (C=O) groups excluding carboxylic acids is 1. The van der Waals surface area contributed by atoms with Crippen LogP contribution in [-0.4, -0.2) is 55.9 Å². The Balaban J connectivity index is 1.40. The topological polar surface area (TPSA) is 90.6 Å². The molecule has 3 saturated heterocycles. The van der Waals surface area contributed by atoms with E-state index in [1.807, 2.05) is 18.2 Å². The highest BCUT2D eigenvalue weighted by Crippen LogP contribution is 2.35. The Kier molecular flexibility index (Phi) is 3.41. The zero-order chi connectivity index (χ0) is 16.8. The lowest BCUT2D eigenvalue weighted by Gasteiger charge is -2.44. The molecular weight excluding hydrogens is 316 g/mol. The molecule has 25 heavy (non-hydrogen) atoms. The fraction of sp³-hybridized carbons (Fsp3) is 0.444. The predicted octanol–water partition coefficient (Wildman–Crippen LogP) is 2.26. The highest BCUT2D eigenvalue weighted by atomic mass is 16.1. The van der Waals surface area contributed by atoms with Crippen LogP contribution in [0.15, 0.2) is 24.4 Å². The van der Waals surface area contributed by atoms with Gasteiger partial charge >= 0.3 is 0 Å². The average Bonchev–Trinajstić information content (AvgIpc) is 3.32. The average molecular weight is 336 g/mol. The number of aromatic amines is 2. The number of Topliss-reactive ketones (excluding diaryl/α,β-unsaturated/α-hetero) is 1. The minimum absolute atomic E-state index is 0.152. The van der Waals surface area contributed by atoms with E-state index in [9.17, 15) is 4.79 Å². The monoisotopic (exact) mass is 336 g/mol. The molecule has 128 valence electrons. The van der Waals surface area contributed by atoms with Crippen LogP contribution in [-0.2, 0) is 0 Å². The van der Waals surface area contributed by atoms with E-state index in [2.05, 4.69) is 30.5 Å². The van der Waals surface area contributed by atoms with Crippen molar-refractivity contribution in [1.82, 2.24) is 30.5 Å². The van der Waals surface area contributed by atoms with Crippen molar-refractivity contribution in [1.29, 1.82) is 0 Å². The van der Waals surface area contributed by atoms with E-state index in [1.165, 1.54) is 25.9 Å². The summed E-state index contributed by atoms with van der Waals surface area (Å²) in [5.41, 5.74) is 3.15. The largest absolute Gasteiger partial charge is 0.303 e. The molecule has 1 aromatic carbocycles. The van der Waals surface area contributed by atoms with Crippen LogP contribution in [0, 0.1) is 11.8 Å². The quantitative estimate of drug-likeness (QED) is 0.713. The summed E-state index contributed by atoms with van der Waals surface area (Å²) >= 11 is 0. The number of fused-ring (bicyclic) bond motifs is 4. The number of nitrogens with zero attached hydrogens (tertiary/aromatic N) is 4. The molecular formula is C18H20N6O. The van der Waals surface area contributed by atoms with Crippen LogP contribution in [0.2, 0.25) is 0 Å². The van der Waals surface area contributed by atoms with Crippen molar-refractivity contribution in [3.05, 3.63) is 30.1 Å². The van der Waals surface area contributed by atoms with Gasteiger partial charge in [-0.25, -0.2) is 0 Å². The number of benzene rings is 1. The molecule has 0 saturated carbocycles. The lowest BCUT2D eigenvalue weighted by Crippen LogP contribution is -2.47. The Labute approximate surface area is 144 Å². The Morgan fingerprint density at radius 2 is 2.12 bits per heavy atom. The summed E-state index contributed by atoms with van der Waals surface area (Å²) in [6.07, 6.45) is 4.75. The van der Waals surface area contributed by atoms with Crippen LogP contribution in [0.4, 0.5) is 0 Å². The maximum absolute atomic E-state index is 12.8. The lowest BCUT2D eigenvalue weighted by molar-refractivity contribution is 0.0440. The van der Waals surface area contributed by atoms with E-state index in [0.717, 1.165) is 28.7 Å². The predicted molar refractivity (Wildman–Crippen MR) is 93.1 cm³/mol. The summed E-state index contributed by atoms with van der Waals surface area (Å²) in [5, 5.41) is 18.7. The summed E-state index contributed by atoms with van der Waals surface area (Å²) in [6, 6.07) is 5.87. The number of H-pyrrole nitrogens is 2. The molecule has 0 aliphatic carbocycles. The Morgan fingerprint density at radius 3 is 2.84 bits per heavy atom. The van der Waals surface area contributed by atoms with Gasteiger partial charge in [-0.3, -0.25) is 9.89 Å². The number of ketones is 1. The first-order valence-electron chi connectivity index (χ1n) is 8.88. The van der Waals surface area contributed by atoms with E-state index in [4.69, 9.17) is 0 Å². The first kappa shape index (κ1) is 14.8. The molecule has 0 unspecified atom stereocenters. The minimum atomic E-state index is 0.152. The van der Waals surface area contributed by atoms with E-state index in [0.29, 0.717) is 24.0 Å². The number of hydrogen-bond donors (Lipinski definition) is 2. The van der Waals surface area contributed by atoms with Crippen LogP contribution in [0.5, 0.6) is 0 Å². The van der Waals surface area contributed by atoms with Gasteiger partial charge in [-0.05, 0) is 49.9 Å². The van der Waals surface area contributed by atoms with Crippen molar-refractivity contribution in [2.45, 2.75) is 19.3 Å². The maximum Gasteiger partial charge on any atom is 0.184 e. The van der Waals surface area contributed by atoms with Crippen LogP contribution in [0.1, 0.15) is 29.8 Å². The molecule has 7 heteroatoms. The van der Waals surface area contributed by atoms with Gasteiger partial charge in [0.2, 0.25) is 0 Å². The molecule has 0 amide bonds. The van der Waals surface area contributed by atoms with Crippen molar-refractivity contribution in [2.24, 2.45) is 11.8 Å². The number of hydrogen-bond acceptors (Lipinski definition) is 5. The molecule has 0 radical (unpaired) electrons. The summed E-state index contributed by atoms with van der Waals surface area (Å²) in [6.45, 7) is 3.46. The van der Waals surface area contributed by atoms with Gasteiger partial charge in [0.05, 0.1) is 11.7 Å². The molecule has 0 spiro atoms. The number of carbonyl (C=O) groups is 1. The minimum Gasteiger partial charge on any atom is -0.303 e. The van der Waals surface area contributed by atoms with Gasteiger partial charge in [-0.2, -0.15) is 20.5 Å². The highest BCUT2D eigenvalue weighted by Gasteiger charge is 2.35. The SMILES string of the molecule is O=C(C[C@@H]1CN2CCC1CC2)c1n[nH]c2cc(-c3cn[nH]n3)ccc12. The Bertz CT molecular complexity index is 907. The van der Waals surface area contributed by atoms with E-state index >= 15 is 0 Å². The fourth-order valence-electron chi connectivity index (χ4n) is 4.39. The van der Waals surface area contributed by atoms with E-state index < -0.39 is 0 Å². The molecule has 1 atom stereocenters. The third kappa shape index (κ3) is 2.55. The first-order valence-corrected chi connectivity index (χ1v) is 8.88. The summed E-state index contributed by atoms with van der Waals surface area (Å²) in [5.74, 6) is 1.34. The van der Waals surface area contributed by atoms with Gasteiger partial charge in [-0.1, -0.05) is 6.07 Å². The summed E-state index contributed by atoms with van der Waals surface area (Å²) in [4.78, 5) is 15.3. The Hall–Kier alpha value is -2.54. The van der Waals surface area contributed by atoms with Crippen molar-refractivity contribution < 1.29 is 4.79 Å². The van der Waals surface area contributed by atoms with Crippen molar-refractivity contribution >= 4 is 16.7 Å². The Morgan fingerprint density at radius 1 is 1.24 bits per heavy atom. The van der Waals surface area contributed by atoms with Crippen LogP contribution in [0.3, 0.4) is 0 Å². The van der Waals surface area contributed by atoms with Gasteiger partial charge in [0, 0.05) is 23.9 Å². The zero-order valence-corrected chi connectivity index (χ0v) is 13.9. The van der Waals surface area contributed by atoms with Crippen LogP contribution >= 0.6 is 0 Å². The molecule has 3 aliphatic heterocycles. The van der Waals surface area contributed by atoms with Gasteiger partial charge in [0.15, 0.2) is 5.78 Å². The van der Waals surface area contributed by atoms with Gasteiger partial charge < -0.3 is 4.90 Å². The molecule has 2 N–H and O–H groups in total.